The van der Waals surface area contributed by atoms with Gasteiger partial charge in [-0.1, -0.05) is 0 Å². The standard InChI is InChI=1S/C14H19N3O2/c1-3-19-14(18)11-4-5-13-12(8-11)9-16-17(13)10(2)6-7-15/h4-5,8-10H,3,6-7,15H2,1-2H3. The van der Waals surface area contributed by atoms with Crippen LogP contribution in [0.3, 0.4) is 0 Å². The lowest BCUT2D eigenvalue weighted by Crippen LogP contribution is -2.12. The minimum absolute atomic E-state index is 0.246. The Hall–Kier alpha value is -1.88. The van der Waals surface area contributed by atoms with Gasteiger partial charge in [-0.2, -0.15) is 5.10 Å². The summed E-state index contributed by atoms with van der Waals surface area (Å²) in [4.78, 5) is 11.7. The zero-order valence-corrected chi connectivity index (χ0v) is 11.3. The highest BCUT2D eigenvalue weighted by Crippen LogP contribution is 2.21. The van der Waals surface area contributed by atoms with Gasteiger partial charge in [0.15, 0.2) is 0 Å². The van der Waals surface area contributed by atoms with Gasteiger partial charge in [0.1, 0.15) is 0 Å². The van der Waals surface area contributed by atoms with Gasteiger partial charge in [-0.05, 0) is 45.0 Å². The molecule has 2 rings (SSSR count). The lowest BCUT2D eigenvalue weighted by Gasteiger charge is -2.12. The van der Waals surface area contributed by atoms with Gasteiger partial charge >= 0.3 is 5.97 Å². The van der Waals surface area contributed by atoms with Crippen molar-refractivity contribution in [2.75, 3.05) is 13.2 Å². The van der Waals surface area contributed by atoms with Gasteiger partial charge < -0.3 is 10.5 Å². The maximum absolute atomic E-state index is 11.7. The number of esters is 1. The van der Waals surface area contributed by atoms with Crippen LogP contribution in [0.15, 0.2) is 24.4 Å². The van der Waals surface area contributed by atoms with E-state index in [1.807, 2.05) is 16.8 Å². The molecular formula is C14H19N3O2. The van der Waals surface area contributed by atoms with E-state index in [0.717, 1.165) is 17.3 Å². The van der Waals surface area contributed by atoms with E-state index in [-0.39, 0.29) is 12.0 Å². The van der Waals surface area contributed by atoms with Gasteiger partial charge in [0.2, 0.25) is 0 Å². The van der Waals surface area contributed by atoms with Gasteiger partial charge in [0.25, 0.3) is 0 Å². The van der Waals surface area contributed by atoms with Crippen LogP contribution >= 0.6 is 0 Å². The van der Waals surface area contributed by atoms with Crippen LogP contribution < -0.4 is 5.73 Å². The molecule has 1 aromatic carbocycles. The van der Waals surface area contributed by atoms with Crippen LogP contribution in [-0.2, 0) is 4.74 Å². The van der Waals surface area contributed by atoms with Crippen LogP contribution in [0.2, 0.25) is 0 Å². The Morgan fingerprint density at radius 2 is 2.32 bits per heavy atom. The number of carbonyl (C=O) groups excluding carboxylic acids is 1. The van der Waals surface area contributed by atoms with Gasteiger partial charge in [-0.3, -0.25) is 4.68 Å². The molecule has 0 amide bonds. The van der Waals surface area contributed by atoms with E-state index >= 15 is 0 Å². The molecule has 0 saturated heterocycles. The van der Waals surface area contributed by atoms with Crippen molar-refractivity contribution < 1.29 is 9.53 Å². The third-order valence-corrected chi connectivity index (χ3v) is 3.11. The Morgan fingerprint density at radius 1 is 1.53 bits per heavy atom. The van der Waals surface area contributed by atoms with Crippen molar-refractivity contribution in [3.63, 3.8) is 0 Å². The first kappa shape index (κ1) is 13.5. The minimum Gasteiger partial charge on any atom is -0.462 e. The number of carbonyl (C=O) groups is 1. The molecule has 0 aliphatic carbocycles. The normalized spacial score (nSPS) is 12.6. The lowest BCUT2D eigenvalue weighted by atomic mass is 10.1. The van der Waals surface area contributed by atoms with Gasteiger partial charge in [0, 0.05) is 5.39 Å². The molecule has 0 radical (unpaired) electrons. The van der Waals surface area contributed by atoms with Gasteiger partial charge in [0.05, 0.1) is 29.9 Å². The number of ether oxygens (including phenoxy) is 1. The number of fused-ring (bicyclic) bond motifs is 1. The molecule has 0 saturated carbocycles. The quantitative estimate of drug-likeness (QED) is 0.837. The average Bonchev–Trinajstić information content (AvgIpc) is 2.82. The Kier molecular flexibility index (Phi) is 4.16. The molecule has 0 aliphatic rings. The molecule has 2 aromatic rings. The summed E-state index contributed by atoms with van der Waals surface area (Å²) in [7, 11) is 0. The van der Waals surface area contributed by atoms with Crippen LogP contribution in [0.1, 0.15) is 36.7 Å². The monoisotopic (exact) mass is 261 g/mol. The van der Waals surface area contributed by atoms with E-state index < -0.39 is 0 Å². The molecule has 1 aromatic heterocycles. The average molecular weight is 261 g/mol. The molecule has 0 bridgehead atoms. The molecule has 1 unspecified atom stereocenters. The fourth-order valence-electron chi connectivity index (χ4n) is 2.11. The lowest BCUT2D eigenvalue weighted by molar-refractivity contribution is 0.0526. The van der Waals surface area contributed by atoms with Gasteiger partial charge in [-0.15, -0.1) is 0 Å². The SMILES string of the molecule is CCOC(=O)c1ccc2c(cnn2C(C)CCN)c1. The number of hydrogen-bond acceptors (Lipinski definition) is 4. The second kappa shape index (κ2) is 5.84. The topological polar surface area (TPSA) is 70.1 Å². The highest BCUT2D eigenvalue weighted by molar-refractivity contribution is 5.94. The zero-order valence-electron chi connectivity index (χ0n) is 11.3. The van der Waals surface area contributed by atoms with Gasteiger partial charge in [-0.25, -0.2) is 4.79 Å². The largest absolute Gasteiger partial charge is 0.462 e. The number of benzene rings is 1. The molecule has 1 atom stereocenters. The fraction of sp³-hybridized carbons (Fsp3) is 0.429. The third kappa shape index (κ3) is 2.76. The van der Waals surface area contributed by atoms with Crippen LogP contribution in [0.5, 0.6) is 0 Å². The number of nitrogens with two attached hydrogens (primary N) is 1. The van der Waals surface area contributed by atoms with Crippen molar-refractivity contribution >= 4 is 16.9 Å². The summed E-state index contributed by atoms with van der Waals surface area (Å²) in [6.07, 6.45) is 2.64. The van der Waals surface area contributed by atoms with E-state index in [1.54, 1.807) is 19.2 Å². The zero-order chi connectivity index (χ0) is 13.8. The summed E-state index contributed by atoms with van der Waals surface area (Å²) in [5, 5.41) is 5.31. The first-order valence-electron chi connectivity index (χ1n) is 6.51. The predicted molar refractivity (Wildman–Crippen MR) is 74.1 cm³/mol. The summed E-state index contributed by atoms with van der Waals surface area (Å²) < 4.78 is 6.93. The highest BCUT2D eigenvalue weighted by atomic mass is 16.5. The van der Waals surface area contributed by atoms with Crippen molar-refractivity contribution in [2.24, 2.45) is 5.73 Å². The fourth-order valence-corrected chi connectivity index (χ4v) is 2.11. The van der Waals surface area contributed by atoms with Crippen molar-refractivity contribution in [2.45, 2.75) is 26.3 Å². The minimum atomic E-state index is -0.299. The van der Waals surface area contributed by atoms with Crippen molar-refractivity contribution in [3.8, 4) is 0 Å². The van der Waals surface area contributed by atoms with Crippen LogP contribution in [0.4, 0.5) is 0 Å². The molecule has 0 fully saturated rings. The summed E-state index contributed by atoms with van der Waals surface area (Å²) in [5.41, 5.74) is 7.14. The molecule has 1 heterocycles. The summed E-state index contributed by atoms with van der Waals surface area (Å²) in [6.45, 7) is 4.88. The van der Waals surface area contributed by atoms with Crippen molar-refractivity contribution in [1.82, 2.24) is 9.78 Å². The first-order valence-corrected chi connectivity index (χ1v) is 6.51. The predicted octanol–water partition coefficient (Wildman–Crippen LogP) is 2.12. The molecule has 19 heavy (non-hydrogen) atoms. The Labute approximate surface area is 112 Å². The molecule has 0 spiro atoms. The Balaban J connectivity index is 2.34. The van der Waals surface area contributed by atoms with E-state index in [2.05, 4.69) is 12.0 Å². The summed E-state index contributed by atoms with van der Waals surface area (Å²) >= 11 is 0. The van der Waals surface area contributed by atoms with Crippen LogP contribution in [0.25, 0.3) is 10.9 Å². The highest BCUT2D eigenvalue weighted by Gasteiger charge is 2.12. The van der Waals surface area contributed by atoms with Crippen LogP contribution in [0, 0.1) is 0 Å². The summed E-state index contributed by atoms with van der Waals surface area (Å²) in [6, 6.07) is 5.73. The Bertz CT molecular complexity index is 577. The van der Waals surface area contributed by atoms with E-state index in [4.69, 9.17) is 10.5 Å². The van der Waals surface area contributed by atoms with Crippen LogP contribution in [-0.4, -0.2) is 28.9 Å². The molecule has 2 N–H and O–H groups in total. The first-order chi connectivity index (χ1) is 9.17. The second-order valence-electron chi connectivity index (χ2n) is 4.51. The van der Waals surface area contributed by atoms with E-state index in [1.165, 1.54) is 0 Å². The molecule has 5 nitrogen and oxygen atoms in total. The smallest absolute Gasteiger partial charge is 0.338 e. The number of rotatable bonds is 5. The Morgan fingerprint density at radius 3 is 3.00 bits per heavy atom. The second-order valence-corrected chi connectivity index (χ2v) is 4.51. The number of hydrogen-bond donors (Lipinski definition) is 1. The maximum Gasteiger partial charge on any atom is 0.338 e. The number of nitrogens with zero attached hydrogens (tertiary/aromatic N) is 2. The van der Waals surface area contributed by atoms with Crippen molar-refractivity contribution in [1.29, 1.82) is 0 Å². The maximum atomic E-state index is 11.7. The molecule has 102 valence electrons. The van der Waals surface area contributed by atoms with E-state index in [0.29, 0.717) is 18.7 Å². The summed E-state index contributed by atoms with van der Waals surface area (Å²) in [5.74, 6) is -0.299. The molecule has 0 aliphatic heterocycles. The van der Waals surface area contributed by atoms with Crippen molar-refractivity contribution in [3.05, 3.63) is 30.0 Å². The molecule has 5 heteroatoms. The molecular weight excluding hydrogens is 242 g/mol. The third-order valence-electron chi connectivity index (χ3n) is 3.11. The van der Waals surface area contributed by atoms with E-state index in [9.17, 15) is 4.79 Å². The number of aromatic nitrogens is 2.